The molecule has 0 aliphatic carbocycles. The highest BCUT2D eigenvalue weighted by Crippen LogP contribution is 2.39. The van der Waals surface area contributed by atoms with Gasteiger partial charge in [0.25, 0.3) is 5.91 Å². The largest absolute Gasteiger partial charge is 0.294 e. The van der Waals surface area contributed by atoms with Gasteiger partial charge in [-0.2, -0.15) is 5.10 Å². The van der Waals surface area contributed by atoms with Gasteiger partial charge in [0.15, 0.2) is 5.17 Å². The number of anilines is 1. The number of amidine groups is 1. The summed E-state index contributed by atoms with van der Waals surface area (Å²) < 4.78 is 13.3. The fourth-order valence-corrected chi connectivity index (χ4v) is 5.58. The molecule has 5 nitrogen and oxygen atoms in total. The van der Waals surface area contributed by atoms with Crippen molar-refractivity contribution in [3.8, 4) is 0 Å². The maximum Gasteiger partial charge on any atom is 0.269 e. The third kappa shape index (κ3) is 3.45. The molecule has 3 heterocycles. The zero-order valence-corrected chi connectivity index (χ0v) is 18.0. The van der Waals surface area contributed by atoms with E-state index in [1.54, 1.807) is 28.8 Å². The number of carbonyl (C=O) groups excluding carboxylic acids is 1. The lowest BCUT2D eigenvalue weighted by Crippen LogP contribution is -2.57. The molecule has 1 atom stereocenters. The van der Waals surface area contributed by atoms with Gasteiger partial charge in [0, 0.05) is 17.3 Å². The highest BCUT2D eigenvalue weighted by molar-refractivity contribution is 8.13. The molecule has 0 bridgehead atoms. The van der Waals surface area contributed by atoms with Crippen LogP contribution in [-0.2, 0) is 12.3 Å². The third-order valence-corrected chi connectivity index (χ3v) is 7.22. The lowest BCUT2D eigenvalue weighted by molar-refractivity contribution is 0.0629. The third-order valence-electron chi connectivity index (χ3n) is 4.96. The van der Waals surface area contributed by atoms with Gasteiger partial charge in [-0.15, -0.1) is 11.3 Å². The predicted molar refractivity (Wildman–Crippen MR) is 120 cm³/mol. The van der Waals surface area contributed by atoms with Gasteiger partial charge in [-0.3, -0.25) is 20.0 Å². The average Bonchev–Trinajstić information content (AvgIpc) is 3.39. The van der Waals surface area contributed by atoms with Gasteiger partial charge in [0.1, 0.15) is 10.7 Å². The van der Waals surface area contributed by atoms with Gasteiger partial charge in [-0.05, 0) is 40.8 Å². The molecule has 3 aromatic rings. The Hall–Kier alpha value is -2.55. The second kappa shape index (κ2) is 7.94. The Morgan fingerprint density at radius 2 is 1.97 bits per heavy atom. The van der Waals surface area contributed by atoms with E-state index in [2.05, 4.69) is 10.5 Å². The van der Waals surface area contributed by atoms with Crippen LogP contribution in [0.1, 0.15) is 20.8 Å². The summed E-state index contributed by atoms with van der Waals surface area (Å²) in [5, 5.41) is 7.91. The molecule has 0 spiro atoms. The Bertz CT molecular complexity index is 1130. The van der Waals surface area contributed by atoms with Crippen molar-refractivity contribution in [1.29, 1.82) is 0 Å². The number of rotatable bonds is 4. The number of benzene rings is 2. The Labute approximate surface area is 186 Å². The fourth-order valence-electron chi connectivity index (χ4n) is 3.47. The topological polar surface area (TPSA) is 47.9 Å². The number of nitrogens with one attached hydrogen (secondary N) is 1. The molecule has 2 aromatic carbocycles. The zero-order chi connectivity index (χ0) is 20.7. The van der Waals surface area contributed by atoms with Crippen LogP contribution in [0.3, 0.4) is 0 Å². The maximum absolute atomic E-state index is 13.3. The molecule has 1 unspecified atom stereocenters. The SMILES string of the molecule is O=C1c2sccc2N2C(SCc3ccccc3Cl)=NNC2N1Cc1ccc(F)cc1. The number of halogens is 2. The van der Waals surface area contributed by atoms with Gasteiger partial charge in [-0.25, -0.2) is 4.39 Å². The van der Waals surface area contributed by atoms with Gasteiger partial charge < -0.3 is 0 Å². The van der Waals surface area contributed by atoms with Crippen LogP contribution >= 0.6 is 34.7 Å². The van der Waals surface area contributed by atoms with Gasteiger partial charge in [0.05, 0.1) is 5.69 Å². The van der Waals surface area contributed by atoms with Crippen molar-refractivity contribution in [1.82, 2.24) is 10.3 Å². The Morgan fingerprint density at radius 1 is 1.17 bits per heavy atom. The quantitative estimate of drug-likeness (QED) is 0.591. The first-order valence-electron chi connectivity index (χ1n) is 9.23. The number of amides is 1. The molecule has 9 heteroatoms. The van der Waals surface area contributed by atoms with Gasteiger partial charge >= 0.3 is 0 Å². The molecule has 0 fully saturated rings. The van der Waals surface area contributed by atoms with E-state index in [1.807, 2.05) is 40.6 Å². The molecular formula is C21H16ClFN4OS2. The van der Waals surface area contributed by atoms with Crippen LogP contribution in [0.25, 0.3) is 0 Å². The molecule has 0 radical (unpaired) electrons. The molecule has 5 rings (SSSR count). The van der Waals surface area contributed by atoms with Crippen LogP contribution in [0.5, 0.6) is 0 Å². The number of fused-ring (bicyclic) bond motifs is 3. The van der Waals surface area contributed by atoms with E-state index in [4.69, 9.17) is 11.6 Å². The first-order chi connectivity index (χ1) is 14.6. The van der Waals surface area contributed by atoms with Crippen LogP contribution in [0.15, 0.2) is 65.1 Å². The summed E-state index contributed by atoms with van der Waals surface area (Å²) in [6.45, 7) is 0.350. The molecule has 0 saturated carbocycles. The summed E-state index contributed by atoms with van der Waals surface area (Å²) in [7, 11) is 0. The highest BCUT2D eigenvalue weighted by atomic mass is 35.5. The number of nitrogens with zero attached hydrogens (tertiary/aromatic N) is 3. The minimum absolute atomic E-state index is 0.0642. The summed E-state index contributed by atoms with van der Waals surface area (Å²) in [6.07, 6.45) is -0.432. The highest BCUT2D eigenvalue weighted by Gasteiger charge is 2.43. The number of thioether (sulfide) groups is 1. The monoisotopic (exact) mass is 458 g/mol. The van der Waals surface area contributed by atoms with Crippen LogP contribution in [0, 0.1) is 5.82 Å². The number of hydrazone groups is 1. The first-order valence-corrected chi connectivity index (χ1v) is 11.5. The van der Waals surface area contributed by atoms with E-state index in [0.29, 0.717) is 17.2 Å². The van der Waals surface area contributed by atoms with E-state index in [0.717, 1.165) is 27.0 Å². The molecular weight excluding hydrogens is 443 g/mol. The molecule has 30 heavy (non-hydrogen) atoms. The molecule has 0 saturated heterocycles. The van der Waals surface area contributed by atoms with Crippen LogP contribution in [-0.4, -0.2) is 22.3 Å². The van der Waals surface area contributed by atoms with Crippen molar-refractivity contribution in [2.75, 3.05) is 4.90 Å². The Morgan fingerprint density at radius 3 is 2.77 bits per heavy atom. The maximum atomic E-state index is 13.3. The average molecular weight is 459 g/mol. The van der Waals surface area contributed by atoms with Crippen molar-refractivity contribution >= 4 is 51.5 Å². The van der Waals surface area contributed by atoms with Crippen molar-refractivity contribution in [2.45, 2.75) is 18.6 Å². The number of carbonyl (C=O) groups is 1. The summed E-state index contributed by atoms with van der Waals surface area (Å²) in [5.41, 5.74) is 5.82. The van der Waals surface area contributed by atoms with Gasteiger partial charge in [0.2, 0.25) is 6.29 Å². The standard InChI is InChI=1S/C21H16ClFN4OS2/c22-16-4-2-1-3-14(16)12-30-21-25-24-20-26(11-13-5-7-15(23)8-6-13)19(28)18-17(27(20)21)9-10-29-18/h1-10,20,24H,11-12H2. The summed E-state index contributed by atoms with van der Waals surface area (Å²) in [5.74, 6) is 0.298. The molecule has 152 valence electrons. The molecule has 2 aliphatic rings. The summed E-state index contributed by atoms with van der Waals surface area (Å²) >= 11 is 9.27. The molecule has 1 amide bonds. The second-order valence-corrected chi connectivity index (χ2v) is 9.11. The van der Waals surface area contributed by atoms with E-state index in [-0.39, 0.29) is 11.7 Å². The lowest BCUT2D eigenvalue weighted by atomic mass is 10.1. The smallest absolute Gasteiger partial charge is 0.269 e. The number of hydrogen-bond acceptors (Lipinski definition) is 6. The van der Waals surface area contributed by atoms with Crippen LogP contribution < -0.4 is 10.3 Å². The molecule has 1 N–H and O–H groups in total. The fraction of sp³-hybridized carbons (Fsp3) is 0.143. The van der Waals surface area contributed by atoms with E-state index >= 15 is 0 Å². The summed E-state index contributed by atoms with van der Waals surface area (Å²) in [6, 6.07) is 15.9. The number of thiophene rings is 1. The zero-order valence-electron chi connectivity index (χ0n) is 15.6. The Balaban J connectivity index is 1.41. The normalized spacial score (nSPS) is 17.5. The van der Waals surface area contributed by atoms with Gasteiger partial charge in [-0.1, -0.05) is 53.7 Å². The van der Waals surface area contributed by atoms with E-state index < -0.39 is 6.29 Å². The second-order valence-electron chi connectivity index (χ2n) is 6.84. The first kappa shape index (κ1) is 19.4. The lowest BCUT2D eigenvalue weighted by Gasteiger charge is -2.39. The van der Waals surface area contributed by atoms with E-state index in [9.17, 15) is 9.18 Å². The number of hydrogen-bond donors (Lipinski definition) is 1. The Kier molecular flexibility index (Phi) is 5.14. The minimum atomic E-state index is -0.432. The van der Waals surface area contributed by atoms with Crippen LogP contribution in [0.2, 0.25) is 5.02 Å². The molecule has 1 aromatic heterocycles. The van der Waals surface area contributed by atoms with Crippen molar-refractivity contribution < 1.29 is 9.18 Å². The van der Waals surface area contributed by atoms with Crippen LogP contribution in [0.4, 0.5) is 10.1 Å². The van der Waals surface area contributed by atoms with E-state index in [1.165, 1.54) is 23.5 Å². The molecule has 2 aliphatic heterocycles. The summed E-state index contributed by atoms with van der Waals surface area (Å²) in [4.78, 5) is 17.6. The predicted octanol–water partition coefficient (Wildman–Crippen LogP) is 5.09. The van der Waals surface area contributed by atoms with Crippen molar-refractivity contribution in [2.24, 2.45) is 5.10 Å². The van der Waals surface area contributed by atoms with Crippen molar-refractivity contribution in [3.63, 3.8) is 0 Å². The van der Waals surface area contributed by atoms with Crippen molar-refractivity contribution in [3.05, 3.63) is 86.8 Å². The minimum Gasteiger partial charge on any atom is -0.294 e.